The minimum Gasteiger partial charge on any atom is -0.481 e. The van der Waals surface area contributed by atoms with Crippen molar-refractivity contribution in [3.8, 4) is 0 Å². The number of carbonyl (C=O) groups excluding carboxylic acids is 1. The van der Waals surface area contributed by atoms with E-state index in [1.165, 1.54) is 0 Å². The van der Waals surface area contributed by atoms with E-state index in [2.05, 4.69) is 12.2 Å². The molecule has 6 nitrogen and oxygen atoms in total. The third-order valence-electron chi connectivity index (χ3n) is 2.95. The van der Waals surface area contributed by atoms with Gasteiger partial charge in [0, 0.05) is 12.3 Å². The molecule has 1 amide bonds. The molecule has 3 N–H and O–H groups in total. The molecule has 0 aromatic heterocycles. The largest absolute Gasteiger partial charge is 0.481 e. The Hall–Kier alpha value is -1.59. The van der Waals surface area contributed by atoms with Crippen LogP contribution < -0.4 is 5.32 Å². The lowest BCUT2D eigenvalue weighted by molar-refractivity contribution is -0.143. The Morgan fingerprint density at radius 3 is 2.21 bits per heavy atom. The quantitative estimate of drug-likeness (QED) is 0.525. The number of unbranched alkanes of at least 4 members (excludes halogenated alkanes) is 2. The molecule has 0 saturated heterocycles. The maximum absolute atomic E-state index is 11.8. The third kappa shape index (κ3) is 8.18. The zero-order chi connectivity index (χ0) is 14.8. The molecule has 2 unspecified atom stereocenters. The van der Waals surface area contributed by atoms with E-state index in [1.807, 2.05) is 0 Å². The molecule has 110 valence electrons. The van der Waals surface area contributed by atoms with Crippen molar-refractivity contribution in [1.82, 2.24) is 5.32 Å². The van der Waals surface area contributed by atoms with Crippen LogP contribution in [0.4, 0.5) is 0 Å². The Kier molecular flexibility index (Phi) is 8.57. The molecular formula is C13H23NO5. The average Bonchev–Trinajstić information content (AvgIpc) is 2.33. The number of carbonyl (C=O) groups is 3. The van der Waals surface area contributed by atoms with Crippen LogP contribution in [0.25, 0.3) is 0 Å². The molecule has 0 aliphatic carbocycles. The number of carboxylic acids is 2. The van der Waals surface area contributed by atoms with E-state index in [4.69, 9.17) is 10.2 Å². The van der Waals surface area contributed by atoms with E-state index in [0.717, 1.165) is 19.3 Å². The molecule has 0 fully saturated rings. The van der Waals surface area contributed by atoms with E-state index in [9.17, 15) is 14.4 Å². The summed E-state index contributed by atoms with van der Waals surface area (Å²) in [6.45, 7) is 3.82. The summed E-state index contributed by atoms with van der Waals surface area (Å²) < 4.78 is 0. The number of hydrogen-bond donors (Lipinski definition) is 3. The first kappa shape index (κ1) is 17.4. The summed E-state index contributed by atoms with van der Waals surface area (Å²) in [6.07, 6.45) is 3.37. The fourth-order valence-corrected chi connectivity index (χ4v) is 1.67. The fourth-order valence-electron chi connectivity index (χ4n) is 1.67. The molecular weight excluding hydrogens is 250 g/mol. The van der Waals surface area contributed by atoms with E-state index < -0.39 is 18.0 Å². The highest BCUT2D eigenvalue weighted by Gasteiger charge is 2.23. The summed E-state index contributed by atoms with van der Waals surface area (Å²) in [4.78, 5) is 33.1. The predicted molar refractivity (Wildman–Crippen MR) is 69.7 cm³/mol. The first-order chi connectivity index (χ1) is 8.88. The van der Waals surface area contributed by atoms with Gasteiger partial charge in [0.1, 0.15) is 6.04 Å². The normalized spacial score (nSPS) is 13.6. The molecule has 0 aromatic rings. The summed E-state index contributed by atoms with van der Waals surface area (Å²) in [5.74, 6) is -2.85. The van der Waals surface area contributed by atoms with Gasteiger partial charge >= 0.3 is 11.9 Å². The fraction of sp³-hybridized carbons (Fsp3) is 0.769. The number of carboxylic acid groups (broad SMARTS) is 2. The molecule has 0 radical (unpaired) electrons. The lowest BCUT2D eigenvalue weighted by Gasteiger charge is -2.17. The van der Waals surface area contributed by atoms with Gasteiger partial charge in [-0.25, -0.2) is 4.79 Å². The molecule has 0 bridgehead atoms. The summed E-state index contributed by atoms with van der Waals surface area (Å²) in [5, 5.41) is 19.8. The van der Waals surface area contributed by atoms with Crippen molar-refractivity contribution >= 4 is 17.8 Å². The molecule has 0 rings (SSSR count). The van der Waals surface area contributed by atoms with Gasteiger partial charge in [-0.1, -0.05) is 33.1 Å². The van der Waals surface area contributed by atoms with Crippen LogP contribution in [-0.2, 0) is 14.4 Å². The van der Waals surface area contributed by atoms with Crippen LogP contribution in [0.1, 0.15) is 52.4 Å². The SMILES string of the molecule is CCCCCC(C)C(=O)NC(CCC(=O)O)C(=O)O. The van der Waals surface area contributed by atoms with Crippen molar-refractivity contribution in [1.29, 1.82) is 0 Å². The van der Waals surface area contributed by atoms with Gasteiger partial charge < -0.3 is 15.5 Å². The highest BCUT2D eigenvalue weighted by Crippen LogP contribution is 2.10. The average molecular weight is 273 g/mol. The highest BCUT2D eigenvalue weighted by atomic mass is 16.4. The summed E-state index contributed by atoms with van der Waals surface area (Å²) in [5.41, 5.74) is 0. The Labute approximate surface area is 113 Å². The number of rotatable bonds is 10. The molecule has 0 aliphatic rings. The number of nitrogens with one attached hydrogen (secondary N) is 1. The zero-order valence-corrected chi connectivity index (χ0v) is 11.5. The second-order valence-electron chi connectivity index (χ2n) is 4.73. The van der Waals surface area contributed by atoms with Crippen LogP contribution in [0.3, 0.4) is 0 Å². The Morgan fingerprint density at radius 2 is 1.74 bits per heavy atom. The zero-order valence-electron chi connectivity index (χ0n) is 11.5. The van der Waals surface area contributed by atoms with E-state index in [1.54, 1.807) is 6.92 Å². The van der Waals surface area contributed by atoms with Crippen molar-refractivity contribution in [2.24, 2.45) is 5.92 Å². The predicted octanol–water partition coefficient (Wildman–Crippen LogP) is 1.64. The van der Waals surface area contributed by atoms with Crippen LogP contribution in [0.2, 0.25) is 0 Å². The highest BCUT2D eigenvalue weighted by molar-refractivity contribution is 5.85. The Morgan fingerprint density at radius 1 is 1.11 bits per heavy atom. The van der Waals surface area contributed by atoms with E-state index in [0.29, 0.717) is 6.42 Å². The first-order valence-electron chi connectivity index (χ1n) is 6.63. The van der Waals surface area contributed by atoms with Crippen molar-refractivity contribution in [2.75, 3.05) is 0 Å². The first-order valence-corrected chi connectivity index (χ1v) is 6.63. The molecule has 0 saturated carbocycles. The van der Waals surface area contributed by atoms with Gasteiger partial charge in [0.05, 0.1) is 0 Å². The van der Waals surface area contributed by atoms with Gasteiger partial charge in [-0.3, -0.25) is 9.59 Å². The monoisotopic (exact) mass is 273 g/mol. The van der Waals surface area contributed by atoms with Gasteiger partial charge in [0.2, 0.25) is 5.91 Å². The smallest absolute Gasteiger partial charge is 0.326 e. The summed E-state index contributed by atoms with van der Waals surface area (Å²) in [6, 6.07) is -1.13. The van der Waals surface area contributed by atoms with E-state index >= 15 is 0 Å². The molecule has 0 heterocycles. The van der Waals surface area contributed by atoms with Gasteiger partial charge in [-0.2, -0.15) is 0 Å². The molecule has 2 atom stereocenters. The Bertz CT molecular complexity index is 316. The maximum atomic E-state index is 11.8. The van der Waals surface area contributed by atoms with Crippen LogP contribution >= 0.6 is 0 Å². The summed E-state index contributed by atoms with van der Waals surface area (Å²) in [7, 11) is 0. The van der Waals surface area contributed by atoms with Crippen LogP contribution in [0.15, 0.2) is 0 Å². The maximum Gasteiger partial charge on any atom is 0.326 e. The molecule has 0 aliphatic heterocycles. The van der Waals surface area contributed by atoms with Crippen molar-refractivity contribution in [3.05, 3.63) is 0 Å². The van der Waals surface area contributed by atoms with Crippen molar-refractivity contribution in [2.45, 2.75) is 58.4 Å². The lowest BCUT2D eigenvalue weighted by Crippen LogP contribution is -2.43. The number of hydrogen-bond acceptors (Lipinski definition) is 3. The topological polar surface area (TPSA) is 104 Å². The van der Waals surface area contributed by atoms with Crippen LogP contribution in [0.5, 0.6) is 0 Å². The minimum absolute atomic E-state index is 0.0991. The van der Waals surface area contributed by atoms with Crippen LogP contribution in [-0.4, -0.2) is 34.1 Å². The standard InChI is InChI=1S/C13H23NO5/c1-3-4-5-6-9(2)12(17)14-10(13(18)19)7-8-11(15)16/h9-10H,3-8H2,1-2H3,(H,14,17)(H,15,16)(H,18,19). The van der Waals surface area contributed by atoms with Gasteiger partial charge in [0.15, 0.2) is 0 Å². The van der Waals surface area contributed by atoms with Gasteiger partial charge in [0.25, 0.3) is 0 Å². The van der Waals surface area contributed by atoms with Gasteiger partial charge in [-0.15, -0.1) is 0 Å². The second-order valence-corrected chi connectivity index (χ2v) is 4.73. The van der Waals surface area contributed by atoms with Crippen molar-refractivity contribution < 1.29 is 24.6 Å². The molecule has 0 spiro atoms. The van der Waals surface area contributed by atoms with Crippen molar-refractivity contribution in [3.63, 3.8) is 0 Å². The molecule has 19 heavy (non-hydrogen) atoms. The molecule has 6 heteroatoms. The van der Waals surface area contributed by atoms with Gasteiger partial charge in [-0.05, 0) is 12.8 Å². The minimum atomic E-state index is -1.20. The van der Waals surface area contributed by atoms with Crippen LogP contribution in [0, 0.1) is 5.92 Å². The third-order valence-corrected chi connectivity index (χ3v) is 2.95. The van der Waals surface area contributed by atoms with E-state index in [-0.39, 0.29) is 24.7 Å². The second kappa shape index (κ2) is 9.35. The number of aliphatic carboxylic acids is 2. The number of amides is 1. The summed E-state index contributed by atoms with van der Waals surface area (Å²) >= 11 is 0. The lowest BCUT2D eigenvalue weighted by atomic mass is 10.0. The Balaban J connectivity index is 4.22. The molecule has 0 aromatic carbocycles.